The lowest BCUT2D eigenvalue weighted by Gasteiger charge is -2.39. The number of aliphatic hydroxyl groups excluding tert-OH is 1. The van der Waals surface area contributed by atoms with Crippen LogP contribution < -0.4 is 5.73 Å². The van der Waals surface area contributed by atoms with Gasteiger partial charge in [0.2, 0.25) is 0 Å². The molecule has 0 aromatic rings. The Bertz CT molecular complexity index is 146. The van der Waals surface area contributed by atoms with E-state index in [-0.39, 0.29) is 12.0 Å². The second-order valence-electron chi connectivity index (χ2n) is 4.97. The Morgan fingerprint density at radius 1 is 1.31 bits per heavy atom. The molecule has 1 unspecified atom stereocenters. The Morgan fingerprint density at radius 2 is 1.85 bits per heavy atom. The molecule has 0 aliphatic heterocycles. The number of aliphatic hydroxyl groups is 1. The Labute approximate surface area is 81.5 Å². The normalized spacial score (nSPS) is 34.2. The summed E-state index contributed by atoms with van der Waals surface area (Å²) in [6.45, 7) is 5.29. The summed E-state index contributed by atoms with van der Waals surface area (Å²) in [6.07, 6.45) is 5.10. The standard InChI is InChI=1S/C11H23NO/c1-9-3-5-10(6-4-9)11(2,7-12)8-13/h9-10,13H,3-8,12H2,1-2H3. The SMILES string of the molecule is CC1CCC(C(C)(CN)CO)CC1. The van der Waals surface area contributed by atoms with Crippen LogP contribution in [0, 0.1) is 17.3 Å². The van der Waals surface area contributed by atoms with Gasteiger partial charge in [-0.15, -0.1) is 0 Å². The van der Waals surface area contributed by atoms with Crippen LogP contribution >= 0.6 is 0 Å². The number of hydrogen-bond acceptors (Lipinski definition) is 2. The fraction of sp³-hybridized carbons (Fsp3) is 1.00. The molecule has 0 spiro atoms. The highest BCUT2D eigenvalue weighted by Crippen LogP contribution is 2.39. The van der Waals surface area contributed by atoms with Crippen molar-refractivity contribution >= 4 is 0 Å². The summed E-state index contributed by atoms with van der Waals surface area (Å²) in [4.78, 5) is 0. The molecule has 1 saturated carbocycles. The molecule has 1 atom stereocenters. The molecule has 0 aromatic carbocycles. The van der Waals surface area contributed by atoms with Gasteiger partial charge in [0.1, 0.15) is 0 Å². The predicted molar refractivity (Wildman–Crippen MR) is 55.4 cm³/mol. The van der Waals surface area contributed by atoms with Gasteiger partial charge in [0.15, 0.2) is 0 Å². The lowest BCUT2D eigenvalue weighted by molar-refractivity contribution is 0.0558. The quantitative estimate of drug-likeness (QED) is 0.704. The van der Waals surface area contributed by atoms with E-state index in [4.69, 9.17) is 5.73 Å². The molecule has 1 aliphatic carbocycles. The van der Waals surface area contributed by atoms with E-state index in [1.807, 2.05) is 0 Å². The largest absolute Gasteiger partial charge is 0.396 e. The van der Waals surface area contributed by atoms with Gasteiger partial charge in [0.05, 0.1) is 0 Å². The van der Waals surface area contributed by atoms with Crippen LogP contribution in [0.2, 0.25) is 0 Å². The Hall–Kier alpha value is -0.0800. The number of hydrogen-bond donors (Lipinski definition) is 2. The summed E-state index contributed by atoms with van der Waals surface area (Å²) in [5.74, 6) is 1.51. The molecular formula is C11H23NO. The average molecular weight is 185 g/mol. The van der Waals surface area contributed by atoms with Crippen LogP contribution in [0.5, 0.6) is 0 Å². The zero-order valence-corrected chi connectivity index (χ0v) is 8.92. The molecular weight excluding hydrogens is 162 g/mol. The average Bonchev–Trinajstić information content (AvgIpc) is 2.18. The molecule has 0 radical (unpaired) electrons. The third kappa shape index (κ3) is 2.44. The minimum Gasteiger partial charge on any atom is -0.396 e. The summed E-state index contributed by atoms with van der Waals surface area (Å²) < 4.78 is 0. The lowest BCUT2D eigenvalue weighted by atomic mass is 9.68. The van der Waals surface area contributed by atoms with Crippen molar-refractivity contribution in [3.63, 3.8) is 0 Å². The zero-order chi connectivity index (χ0) is 9.90. The zero-order valence-electron chi connectivity index (χ0n) is 8.92. The van der Waals surface area contributed by atoms with Crippen molar-refractivity contribution in [1.29, 1.82) is 0 Å². The van der Waals surface area contributed by atoms with E-state index < -0.39 is 0 Å². The van der Waals surface area contributed by atoms with Gasteiger partial charge < -0.3 is 10.8 Å². The molecule has 0 bridgehead atoms. The molecule has 3 N–H and O–H groups in total. The van der Waals surface area contributed by atoms with Crippen LogP contribution in [0.1, 0.15) is 39.5 Å². The minimum atomic E-state index is -0.0276. The highest BCUT2D eigenvalue weighted by molar-refractivity contribution is 4.85. The third-order valence-electron chi connectivity index (χ3n) is 3.83. The van der Waals surface area contributed by atoms with E-state index in [0.717, 1.165) is 5.92 Å². The Morgan fingerprint density at radius 3 is 2.23 bits per heavy atom. The van der Waals surface area contributed by atoms with E-state index >= 15 is 0 Å². The minimum absolute atomic E-state index is 0.0276. The molecule has 78 valence electrons. The van der Waals surface area contributed by atoms with Crippen molar-refractivity contribution in [1.82, 2.24) is 0 Å². The molecule has 2 nitrogen and oxygen atoms in total. The van der Waals surface area contributed by atoms with Crippen LogP contribution in [-0.2, 0) is 0 Å². The molecule has 13 heavy (non-hydrogen) atoms. The van der Waals surface area contributed by atoms with Crippen LogP contribution in [0.4, 0.5) is 0 Å². The van der Waals surface area contributed by atoms with Gasteiger partial charge in [-0.05, 0) is 24.7 Å². The highest BCUT2D eigenvalue weighted by Gasteiger charge is 2.34. The van der Waals surface area contributed by atoms with Gasteiger partial charge in [-0.2, -0.15) is 0 Å². The van der Waals surface area contributed by atoms with Crippen LogP contribution in [0.3, 0.4) is 0 Å². The summed E-state index contributed by atoms with van der Waals surface area (Å²) in [7, 11) is 0. The molecule has 0 heterocycles. The predicted octanol–water partition coefficient (Wildman–Crippen LogP) is 1.77. The van der Waals surface area contributed by atoms with E-state index in [9.17, 15) is 5.11 Å². The molecule has 0 amide bonds. The molecule has 0 aromatic heterocycles. The van der Waals surface area contributed by atoms with Crippen molar-refractivity contribution in [2.45, 2.75) is 39.5 Å². The van der Waals surface area contributed by atoms with Crippen LogP contribution in [-0.4, -0.2) is 18.3 Å². The summed E-state index contributed by atoms with van der Waals surface area (Å²) in [5.41, 5.74) is 5.70. The second-order valence-corrected chi connectivity index (χ2v) is 4.97. The van der Waals surface area contributed by atoms with Crippen molar-refractivity contribution in [2.75, 3.05) is 13.2 Å². The van der Waals surface area contributed by atoms with E-state index in [0.29, 0.717) is 12.5 Å². The van der Waals surface area contributed by atoms with Crippen molar-refractivity contribution < 1.29 is 5.11 Å². The highest BCUT2D eigenvalue weighted by atomic mass is 16.3. The Balaban J connectivity index is 2.51. The third-order valence-corrected chi connectivity index (χ3v) is 3.83. The van der Waals surface area contributed by atoms with E-state index in [1.165, 1.54) is 25.7 Å². The Kier molecular flexibility index (Phi) is 3.74. The molecule has 0 saturated heterocycles. The summed E-state index contributed by atoms with van der Waals surface area (Å²) >= 11 is 0. The lowest BCUT2D eigenvalue weighted by Crippen LogP contribution is -2.40. The monoisotopic (exact) mass is 185 g/mol. The van der Waals surface area contributed by atoms with Crippen LogP contribution in [0.25, 0.3) is 0 Å². The van der Waals surface area contributed by atoms with Crippen LogP contribution in [0.15, 0.2) is 0 Å². The number of nitrogens with two attached hydrogens (primary N) is 1. The molecule has 2 heteroatoms. The van der Waals surface area contributed by atoms with E-state index in [2.05, 4.69) is 13.8 Å². The fourth-order valence-corrected chi connectivity index (χ4v) is 2.32. The van der Waals surface area contributed by atoms with Crippen molar-refractivity contribution in [2.24, 2.45) is 23.0 Å². The first kappa shape index (κ1) is 11.0. The smallest absolute Gasteiger partial charge is 0.0499 e. The molecule has 1 rings (SSSR count). The first-order chi connectivity index (χ1) is 6.12. The number of rotatable bonds is 3. The maximum absolute atomic E-state index is 9.32. The van der Waals surface area contributed by atoms with Crippen molar-refractivity contribution in [3.05, 3.63) is 0 Å². The maximum Gasteiger partial charge on any atom is 0.0499 e. The fourth-order valence-electron chi connectivity index (χ4n) is 2.32. The van der Waals surface area contributed by atoms with E-state index in [1.54, 1.807) is 0 Å². The molecule has 1 aliphatic rings. The second kappa shape index (κ2) is 4.43. The van der Waals surface area contributed by atoms with Crippen molar-refractivity contribution in [3.8, 4) is 0 Å². The van der Waals surface area contributed by atoms with Gasteiger partial charge in [0.25, 0.3) is 0 Å². The van der Waals surface area contributed by atoms with Gasteiger partial charge in [0, 0.05) is 18.6 Å². The molecule has 1 fully saturated rings. The maximum atomic E-state index is 9.32. The van der Waals surface area contributed by atoms with Gasteiger partial charge in [-0.1, -0.05) is 26.7 Å². The van der Waals surface area contributed by atoms with Gasteiger partial charge >= 0.3 is 0 Å². The first-order valence-corrected chi connectivity index (χ1v) is 5.43. The first-order valence-electron chi connectivity index (χ1n) is 5.43. The topological polar surface area (TPSA) is 46.2 Å². The summed E-state index contributed by atoms with van der Waals surface area (Å²) in [5, 5.41) is 9.32. The summed E-state index contributed by atoms with van der Waals surface area (Å²) in [6, 6.07) is 0. The van der Waals surface area contributed by atoms with Gasteiger partial charge in [-0.3, -0.25) is 0 Å². The van der Waals surface area contributed by atoms with Gasteiger partial charge in [-0.25, -0.2) is 0 Å².